The number of hydrogen-bond acceptors (Lipinski definition) is 7. The van der Waals surface area contributed by atoms with Gasteiger partial charge in [-0.25, -0.2) is 4.79 Å². The number of benzene rings is 3. The number of rotatable bonds is 15. The molecule has 292 valence electrons. The van der Waals surface area contributed by atoms with E-state index in [-0.39, 0.29) is 40.9 Å². The first-order valence-electron chi connectivity index (χ1n) is 20.0. The van der Waals surface area contributed by atoms with Crippen molar-refractivity contribution in [2.75, 3.05) is 26.0 Å². The van der Waals surface area contributed by atoms with Crippen LogP contribution in [0.5, 0.6) is 0 Å². The molecule has 3 aromatic rings. The van der Waals surface area contributed by atoms with E-state index in [0.717, 1.165) is 49.0 Å². The van der Waals surface area contributed by atoms with Crippen LogP contribution in [0.15, 0.2) is 103 Å². The van der Waals surface area contributed by atoms with Crippen molar-refractivity contribution in [2.24, 2.45) is 11.8 Å². The maximum Gasteiger partial charge on any atom is 0.328 e. The van der Waals surface area contributed by atoms with E-state index in [1.54, 1.807) is 16.7 Å². The Hall–Kier alpha value is -4.41. The molecule has 3 amide bonds. The topological polar surface area (TPSA) is 108 Å². The quantitative estimate of drug-likeness (QED) is 0.138. The van der Waals surface area contributed by atoms with Crippen molar-refractivity contribution >= 4 is 35.5 Å². The van der Waals surface area contributed by atoms with Crippen LogP contribution >= 0.6 is 11.8 Å². The van der Waals surface area contributed by atoms with Crippen LogP contribution in [0.3, 0.4) is 0 Å². The van der Waals surface area contributed by atoms with Gasteiger partial charge in [-0.05, 0) is 99.1 Å². The van der Waals surface area contributed by atoms with Crippen molar-refractivity contribution < 1.29 is 23.9 Å². The fraction of sp³-hybridized carbons (Fsp3) is 0.467. The molecule has 6 atom stereocenters. The first-order chi connectivity index (χ1) is 26.9. The molecule has 0 spiro atoms. The van der Waals surface area contributed by atoms with Crippen LogP contribution in [0.1, 0.15) is 68.1 Å². The number of fused-ring (bicyclic) bond motifs is 1. The predicted molar refractivity (Wildman–Crippen MR) is 218 cm³/mol. The molecular weight excluding hydrogens is 709 g/mol. The summed E-state index contributed by atoms with van der Waals surface area (Å²) in [6.07, 6.45) is 11.2. The molecule has 0 radical (unpaired) electrons. The molecule has 9 nitrogen and oxygen atoms in total. The molecule has 0 bridgehead atoms. The van der Waals surface area contributed by atoms with Crippen LogP contribution in [0.4, 0.5) is 0 Å². The summed E-state index contributed by atoms with van der Waals surface area (Å²) in [4.78, 5) is 58.8. The number of piperidine rings is 1. The lowest BCUT2D eigenvalue weighted by atomic mass is 9.87. The smallest absolute Gasteiger partial charge is 0.328 e. The van der Waals surface area contributed by atoms with E-state index in [1.165, 1.54) is 12.7 Å². The van der Waals surface area contributed by atoms with Gasteiger partial charge in [0.25, 0.3) is 0 Å². The Labute approximate surface area is 330 Å². The number of carbonyl (C=O) groups excluding carboxylic acids is 4. The molecule has 0 saturated carbocycles. The highest BCUT2D eigenvalue weighted by atomic mass is 32.2. The molecule has 55 heavy (non-hydrogen) atoms. The zero-order valence-corrected chi connectivity index (χ0v) is 32.8. The largest absolute Gasteiger partial charge is 0.467 e. The van der Waals surface area contributed by atoms with E-state index >= 15 is 0 Å². The van der Waals surface area contributed by atoms with Crippen LogP contribution in [0, 0.1) is 11.8 Å². The van der Waals surface area contributed by atoms with Crippen molar-refractivity contribution in [3.8, 4) is 0 Å². The van der Waals surface area contributed by atoms with E-state index in [2.05, 4.69) is 41.0 Å². The molecule has 10 heteroatoms. The molecule has 2 saturated heterocycles. The number of nitrogens with one attached hydrogen (secondary N) is 2. The minimum absolute atomic E-state index is 0.0137. The van der Waals surface area contributed by atoms with Gasteiger partial charge < -0.3 is 25.2 Å². The maximum atomic E-state index is 14.3. The van der Waals surface area contributed by atoms with Gasteiger partial charge in [-0.15, -0.1) is 11.8 Å². The molecule has 3 unspecified atom stereocenters. The van der Waals surface area contributed by atoms with Crippen LogP contribution < -0.4 is 10.6 Å². The van der Waals surface area contributed by atoms with E-state index in [1.807, 2.05) is 77.7 Å². The van der Waals surface area contributed by atoms with Crippen molar-refractivity contribution in [1.82, 2.24) is 20.4 Å². The molecule has 2 fully saturated rings. The molecule has 3 aliphatic rings. The predicted octanol–water partition coefficient (Wildman–Crippen LogP) is 6.32. The third-order valence-corrected chi connectivity index (χ3v) is 12.5. The number of amides is 3. The van der Waals surface area contributed by atoms with Crippen LogP contribution in [0.25, 0.3) is 0 Å². The third-order valence-electron chi connectivity index (χ3n) is 11.2. The summed E-state index contributed by atoms with van der Waals surface area (Å²) in [5.41, 5.74) is 3.34. The Morgan fingerprint density at radius 1 is 0.800 bits per heavy atom. The van der Waals surface area contributed by atoms with Gasteiger partial charge >= 0.3 is 5.97 Å². The summed E-state index contributed by atoms with van der Waals surface area (Å²) in [6, 6.07) is 28.8. The number of hydrogen-bond donors (Lipinski definition) is 2. The summed E-state index contributed by atoms with van der Waals surface area (Å²) in [6.45, 7) is 1.70. The molecular formula is C45H56N4O5S. The summed E-state index contributed by atoms with van der Waals surface area (Å²) in [7, 11) is 1.39. The van der Waals surface area contributed by atoms with E-state index in [4.69, 9.17) is 4.74 Å². The van der Waals surface area contributed by atoms with Gasteiger partial charge in [0.2, 0.25) is 17.7 Å². The van der Waals surface area contributed by atoms with Crippen LogP contribution in [0.2, 0.25) is 0 Å². The highest BCUT2D eigenvalue weighted by Gasteiger charge is 2.43. The van der Waals surface area contributed by atoms with Gasteiger partial charge in [-0.3, -0.25) is 14.4 Å². The highest BCUT2D eigenvalue weighted by Crippen LogP contribution is 2.35. The molecule has 0 aliphatic carbocycles. The summed E-state index contributed by atoms with van der Waals surface area (Å²) in [5, 5.41) is 6.82. The van der Waals surface area contributed by atoms with Gasteiger partial charge in [0.1, 0.15) is 12.1 Å². The lowest BCUT2D eigenvalue weighted by molar-refractivity contribution is -0.156. The number of nitrogens with zero attached hydrogens (tertiary/aromatic N) is 2. The second-order valence-corrected chi connectivity index (χ2v) is 16.4. The SMILES string of the molecule is COC(=O)C1CCCC2SCCC(NC[C@H](CC[C@H](Cc3ccccc3)C(=O)N[C@H]3CC=CCCN(Cc4ccccc4)C3=O)Cc3ccccc3)C(=O)N21. The Morgan fingerprint density at radius 3 is 2.16 bits per heavy atom. The molecule has 3 aromatic carbocycles. The maximum absolute atomic E-state index is 14.3. The molecule has 3 aliphatic heterocycles. The number of esters is 1. The zero-order valence-electron chi connectivity index (χ0n) is 32.0. The van der Waals surface area contributed by atoms with E-state index < -0.39 is 18.1 Å². The molecule has 0 aromatic heterocycles. The van der Waals surface area contributed by atoms with Crippen LogP contribution in [-0.2, 0) is 43.3 Å². The van der Waals surface area contributed by atoms with Crippen molar-refractivity contribution in [3.63, 3.8) is 0 Å². The Morgan fingerprint density at radius 2 is 1.47 bits per heavy atom. The highest BCUT2D eigenvalue weighted by molar-refractivity contribution is 7.99. The summed E-state index contributed by atoms with van der Waals surface area (Å²) < 4.78 is 5.12. The molecule has 2 N–H and O–H groups in total. The van der Waals surface area contributed by atoms with Gasteiger partial charge in [0, 0.05) is 19.0 Å². The lowest BCUT2D eigenvalue weighted by Crippen LogP contribution is -2.57. The fourth-order valence-corrected chi connectivity index (χ4v) is 9.57. The first kappa shape index (κ1) is 40.3. The summed E-state index contributed by atoms with van der Waals surface area (Å²) in [5.74, 6) is 0.0911. The van der Waals surface area contributed by atoms with E-state index in [0.29, 0.717) is 51.7 Å². The average Bonchev–Trinajstić information content (AvgIpc) is 3.38. The minimum atomic E-state index is -0.639. The van der Waals surface area contributed by atoms with Gasteiger partial charge in [0.15, 0.2) is 0 Å². The summed E-state index contributed by atoms with van der Waals surface area (Å²) >= 11 is 1.76. The number of thioether (sulfide) groups is 1. The fourth-order valence-electron chi connectivity index (χ4n) is 8.18. The van der Waals surface area contributed by atoms with Crippen molar-refractivity contribution in [3.05, 3.63) is 120 Å². The normalized spacial score (nSPS) is 22.8. The lowest BCUT2D eigenvalue weighted by Gasteiger charge is -2.40. The van der Waals surface area contributed by atoms with Gasteiger partial charge in [-0.1, -0.05) is 103 Å². The molecule has 6 rings (SSSR count). The van der Waals surface area contributed by atoms with E-state index in [9.17, 15) is 19.2 Å². The monoisotopic (exact) mass is 764 g/mol. The van der Waals surface area contributed by atoms with Gasteiger partial charge in [0.05, 0.1) is 18.5 Å². The Kier molecular flexibility index (Phi) is 15.0. The Bertz CT molecular complexity index is 1720. The number of ether oxygens (including phenoxy) is 1. The Balaban J connectivity index is 1.17. The van der Waals surface area contributed by atoms with Gasteiger partial charge in [-0.2, -0.15) is 0 Å². The van der Waals surface area contributed by atoms with Crippen molar-refractivity contribution in [1.29, 1.82) is 0 Å². The van der Waals surface area contributed by atoms with Crippen LogP contribution in [-0.4, -0.2) is 82.9 Å². The average molecular weight is 765 g/mol. The first-order valence-corrected chi connectivity index (χ1v) is 21.1. The van der Waals surface area contributed by atoms with Crippen molar-refractivity contribution in [2.45, 2.75) is 94.3 Å². The second kappa shape index (κ2) is 20.5. The number of carbonyl (C=O) groups is 4. The number of methoxy groups -OCH3 is 1. The molecule has 3 heterocycles. The second-order valence-electron chi connectivity index (χ2n) is 15.1. The zero-order chi connectivity index (χ0) is 38.4. The minimum Gasteiger partial charge on any atom is -0.467 e. The standard InChI is InChI=1S/C45H56N4O5S/c1-54-45(53)40-22-14-23-41-49(40)44(52)38(26-28-55-41)46-31-36(29-33-15-6-2-7-16-33)24-25-37(30-34-17-8-3-9-18-34)42(50)47-39-21-12-5-13-27-48(43(39)51)32-35-19-10-4-11-20-35/h2-12,15-20,36-41,46H,13-14,21-32H2,1H3,(H,47,50)/t36-,37-,38?,39+,40?,41?/m1/s1. The third kappa shape index (κ3) is 11.3.